The summed E-state index contributed by atoms with van der Waals surface area (Å²) in [5.41, 5.74) is 0.578. The highest BCUT2D eigenvalue weighted by Crippen LogP contribution is 2.12. The van der Waals surface area contributed by atoms with Crippen LogP contribution in [0.2, 0.25) is 0 Å². The first-order valence-electron chi connectivity index (χ1n) is 4.59. The van der Waals surface area contributed by atoms with Gasteiger partial charge in [-0.3, -0.25) is 0 Å². The van der Waals surface area contributed by atoms with Gasteiger partial charge in [0.1, 0.15) is 11.6 Å². The molecule has 0 unspecified atom stereocenters. The lowest BCUT2D eigenvalue weighted by Gasteiger charge is -2.23. The fourth-order valence-electron chi connectivity index (χ4n) is 1.37. The van der Waals surface area contributed by atoms with Gasteiger partial charge in [-0.15, -0.1) is 0 Å². The lowest BCUT2D eigenvalue weighted by atomic mass is 10.0. The van der Waals surface area contributed by atoms with Gasteiger partial charge in [-0.05, 0) is 17.7 Å². The second-order valence-electron chi connectivity index (χ2n) is 3.48. The van der Waals surface area contributed by atoms with Crippen LogP contribution < -0.4 is 5.32 Å². The average Bonchev–Trinajstić information content (AvgIpc) is 1.99. The molecular formula is C11H11F2N. The summed E-state index contributed by atoms with van der Waals surface area (Å²) in [6.07, 6.45) is 3.74. The fraction of sp³-hybridized carbons (Fsp3) is 0.273. The molecule has 1 heterocycles. The van der Waals surface area contributed by atoms with Crippen molar-refractivity contribution in [3.05, 3.63) is 41.5 Å². The lowest BCUT2D eigenvalue weighted by Crippen LogP contribution is -2.40. The van der Waals surface area contributed by atoms with E-state index in [1.54, 1.807) is 6.08 Å². The van der Waals surface area contributed by atoms with Crippen LogP contribution in [0.4, 0.5) is 8.78 Å². The Morgan fingerprint density at radius 2 is 1.79 bits per heavy atom. The highest BCUT2D eigenvalue weighted by molar-refractivity contribution is 5.49. The maximum Gasteiger partial charge on any atom is 0.126 e. The zero-order valence-electron chi connectivity index (χ0n) is 7.63. The largest absolute Gasteiger partial charge is 0.315 e. The highest BCUT2D eigenvalue weighted by Gasteiger charge is 2.12. The Balaban J connectivity index is 2.11. The van der Waals surface area contributed by atoms with Gasteiger partial charge in [-0.1, -0.05) is 12.2 Å². The Morgan fingerprint density at radius 3 is 2.29 bits per heavy atom. The SMILES string of the molecule is Fc1cc(F)cc(/C=C/C2CNC2)c1. The normalized spacial score (nSPS) is 17.3. The van der Waals surface area contributed by atoms with Crippen LogP contribution in [-0.4, -0.2) is 13.1 Å². The summed E-state index contributed by atoms with van der Waals surface area (Å²) in [5, 5.41) is 3.12. The topological polar surface area (TPSA) is 12.0 Å². The smallest absolute Gasteiger partial charge is 0.126 e. The van der Waals surface area contributed by atoms with Crippen molar-refractivity contribution in [2.45, 2.75) is 0 Å². The molecule has 0 saturated carbocycles. The molecule has 1 nitrogen and oxygen atoms in total. The summed E-state index contributed by atoms with van der Waals surface area (Å²) in [4.78, 5) is 0. The van der Waals surface area contributed by atoms with E-state index >= 15 is 0 Å². The summed E-state index contributed by atoms with van der Waals surface area (Å²) in [6.45, 7) is 1.91. The molecule has 0 radical (unpaired) electrons. The van der Waals surface area contributed by atoms with E-state index in [0.29, 0.717) is 11.5 Å². The molecule has 0 atom stereocenters. The predicted molar refractivity (Wildman–Crippen MR) is 51.8 cm³/mol. The van der Waals surface area contributed by atoms with Crippen LogP contribution >= 0.6 is 0 Å². The summed E-state index contributed by atoms with van der Waals surface area (Å²) in [7, 11) is 0. The van der Waals surface area contributed by atoms with Crippen LogP contribution in [-0.2, 0) is 0 Å². The lowest BCUT2D eigenvalue weighted by molar-refractivity contribution is 0.420. The molecule has 2 rings (SSSR count). The molecule has 1 aliphatic heterocycles. The van der Waals surface area contributed by atoms with Crippen molar-refractivity contribution in [3.63, 3.8) is 0 Å². The van der Waals surface area contributed by atoms with Gasteiger partial charge in [0, 0.05) is 25.1 Å². The van der Waals surface area contributed by atoms with Crippen LogP contribution in [0.15, 0.2) is 24.3 Å². The molecule has 1 aromatic rings. The monoisotopic (exact) mass is 195 g/mol. The van der Waals surface area contributed by atoms with E-state index in [-0.39, 0.29) is 0 Å². The molecule has 1 aliphatic rings. The van der Waals surface area contributed by atoms with E-state index in [1.807, 2.05) is 6.08 Å². The zero-order valence-corrected chi connectivity index (χ0v) is 7.63. The molecular weight excluding hydrogens is 184 g/mol. The summed E-state index contributed by atoms with van der Waals surface area (Å²) in [5.74, 6) is -0.561. The van der Waals surface area contributed by atoms with Crippen LogP contribution in [0.3, 0.4) is 0 Å². The number of hydrogen-bond acceptors (Lipinski definition) is 1. The van der Waals surface area contributed by atoms with Gasteiger partial charge < -0.3 is 5.32 Å². The summed E-state index contributed by atoms with van der Waals surface area (Å²) >= 11 is 0. The van der Waals surface area contributed by atoms with Crippen LogP contribution in [0.1, 0.15) is 5.56 Å². The number of rotatable bonds is 2. The van der Waals surface area contributed by atoms with Crippen molar-refractivity contribution >= 4 is 6.08 Å². The number of hydrogen-bond donors (Lipinski definition) is 1. The number of halogens is 2. The quantitative estimate of drug-likeness (QED) is 0.762. The molecule has 14 heavy (non-hydrogen) atoms. The van der Waals surface area contributed by atoms with Gasteiger partial charge >= 0.3 is 0 Å². The van der Waals surface area contributed by atoms with E-state index in [9.17, 15) is 8.78 Å². The zero-order chi connectivity index (χ0) is 9.97. The Hall–Kier alpha value is -1.22. The molecule has 3 heteroatoms. The number of nitrogens with one attached hydrogen (secondary N) is 1. The maximum absolute atomic E-state index is 12.8. The standard InChI is InChI=1S/C11H11F2N/c12-10-3-8(4-11(13)5-10)1-2-9-6-14-7-9/h1-5,9,14H,6-7H2/b2-1+. The highest BCUT2D eigenvalue weighted by atomic mass is 19.1. The predicted octanol–water partition coefficient (Wildman–Crippen LogP) is 2.20. The van der Waals surface area contributed by atoms with E-state index in [1.165, 1.54) is 12.1 Å². The van der Waals surface area contributed by atoms with Crippen LogP contribution in [0.25, 0.3) is 6.08 Å². The summed E-state index contributed by atoms with van der Waals surface area (Å²) in [6, 6.07) is 3.53. The Morgan fingerprint density at radius 1 is 1.14 bits per heavy atom. The van der Waals surface area contributed by atoms with Crippen molar-refractivity contribution in [2.75, 3.05) is 13.1 Å². The molecule has 1 saturated heterocycles. The second-order valence-corrected chi connectivity index (χ2v) is 3.48. The third-order valence-electron chi connectivity index (χ3n) is 2.26. The Kier molecular flexibility index (Phi) is 2.59. The third-order valence-corrected chi connectivity index (χ3v) is 2.26. The first-order chi connectivity index (χ1) is 6.74. The minimum Gasteiger partial charge on any atom is -0.315 e. The molecule has 0 amide bonds. The van der Waals surface area contributed by atoms with E-state index in [2.05, 4.69) is 5.32 Å². The first-order valence-corrected chi connectivity index (χ1v) is 4.59. The third kappa shape index (κ3) is 2.17. The van der Waals surface area contributed by atoms with Crippen molar-refractivity contribution in [2.24, 2.45) is 5.92 Å². The van der Waals surface area contributed by atoms with Gasteiger partial charge in [0.25, 0.3) is 0 Å². The van der Waals surface area contributed by atoms with Crippen molar-refractivity contribution in [1.82, 2.24) is 5.32 Å². The molecule has 0 spiro atoms. The van der Waals surface area contributed by atoms with Gasteiger partial charge in [0.15, 0.2) is 0 Å². The van der Waals surface area contributed by atoms with Crippen molar-refractivity contribution < 1.29 is 8.78 Å². The van der Waals surface area contributed by atoms with Gasteiger partial charge in [-0.2, -0.15) is 0 Å². The van der Waals surface area contributed by atoms with E-state index in [0.717, 1.165) is 19.2 Å². The minimum atomic E-state index is -0.531. The number of benzene rings is 1. The molecule has 0 aromatic heterocycles. The second kappa shape index (κ2) is 3.88. The van der Waals surface area contributed by atoms with Crippen LogP contribution in [0.5, 0.6) is 0 Å². The summed E-state index contributed by atoms with van der Waals surface area (Å²) < 4.78 is 25.5. The molecule has 0 bridgehead atoms. The van der Waals surface area contributed by atoms with Gasteiger partial charge in [0.2, 0.25) is 0 Å². The van der Waals surface area contributed by atoms with Crippen molar-refractivity contribution in [3.8, 4) is 0 Å². The molecule has 1 N–H and O–H groups in total. The molecule has 74 valence electrons. The average molecular weight is 195 g/mol. The molecule has 1 fully saturated rings. The maximum atomic E-state index is 12.8. The van der Waals surface area contributed by atoms with E-state index < -0.39 is 11.6 Å². The minimum absolute atomic E-state index is 0.501. The fourth-order valence-corrected chi connectivity index (χ4v) is 1.37. The van der Waals surface area contributed by atoms with E-state index in [4.69, 9.17) is 0 Å². The molecule has 1 aromatic carbocycles. The van der Waals surface area contributed by atoms with Crippen molar-refractivity contribution in [1.29, 1.82) is 0 Å². The first kappa shape index (κ1) is 9.34. The Labute approximate surface area is 81.4 Å². The van der Waals surface area contributed by atoms with Crippen LogP contribution in [0, 0.1) is 17.6 Å². The Bertz CT molecular complexity index is 336. The molecule has 0 aliphatic carbocycles. The van der Waals surface area contributed by atoms with Gasteiger partial charge in [-0.25, -0.2) is 8.78 Å². The van der Waals surface area contributed by atoms with Gasteiger partial charge in [0.05, 0.1) is 0 Å².